The molecule has 0 aromatic heterocycles. The number of carbonyl (C=O) groups is 1. The molecule has 1 amide bonds. The van der Waals surface area contributed by atoms with E-state index < -0.39 is 15.7 Å². The number of ether oxygens (including phenoxy) is 1. The van der Waals surface area contributed by atoms with Gasteiger partial charge in [-0.3, -0.25) is 9.69 Å². The zero-order valence-corrected chi connectivity index (χ0v) is 13.6. The van der Waals surface area contributed by atoms with Crippen LogP contribution in [-0.4, -0.2) is 57.0 Å². The van der Waals surface area contributed by atoms with Crippen LogP contribution in [0, 0.1) is 5.82 Å². The molecule has 0 aliphatic carbocycles. The molecule has 6 nitrogen and oxygen atoms in total. The van der Waals surface area contributed by atoms with Gasteiger partial charge in [0, 0.05) is 26.1 Å². The predicted molar refractivity (Wildman–Crippen MR) is 84.0 cm³/mol. The first kappa shape index (κ1) is 17.8. The Morgan fingerprint density at radius 3 is 2.65 bits per heavy atom. The second-order valence-corrected chi connectivity index (χ2v) is 7.88. The Kier molecular flexibility index (Phi) is 6.09. The van der Waals surface area contributed by atoms with Gasteiger partial charge in [-0.25, -0.2) is 12.8 Å². The number of benzene rings is 1. The highest BCUT2D eigenvalue weighted by Gasteiger charge is 2.23. The minimum atomic E-state index is -3.30. The number of hydrogen-bond acceptors (Lipinski definition) is 5. The fourth-order valence-electron chi connectivity index (χ4n) is 2.41. The second-order valence-electron chi connectivity index (χ2n) is 5.58. The van der Waals surface area contributed by atoms with Gasteiger partial charge in [0.1, 0.15) is 5.82 Å². The largest absolute Gasteiger partial charge is 0.371 e. The van der Waals surface area contributed by atoms with Gasteiger partial charge in [-0.2, -0.15) is 0 Å². The van der Waals surface area contributed by atoms with Crippen molar-refractivity contribution < 1.29 is 22.3 Å². The zero-order valence-electron chi connectivity index (χ0n) is 12.8. The summed E-state index contributed by atoms with van der Waals surface area (Å²) in [4.78, 5) is 12.7. The van der Waals surface area contributed by atoms with Crippen LogP contribution in [0.5, 0.6) is 0 Å². The number of rotatable bonds is 7. The maximum Gasteiger partial charge on any atom is 0.218 e. The van der Waals surface area contributed by atoms with Crippen LogP contribution in [0.1, 0.15) is 18.1 Å². The van der Waals surface area contributed by atoms with E-state index in [0.29, 0.717) is 26.2 Å². The summed E-state index contributed by atoms with van der Waals surface area (Å²) < 4.78 is 42.3. The summed E-state index contributed by atoms with van der Waals surface area (Å²) in [5.74, 6) is -1.15. The Morgan fingerprint density at radius 2 is 2.00 bits per heavy atom. The third-order valence-corrected chi connectivity index (χ3v) is 5.40. The van der Waals surface area contributed by atoms with E-state index in [9.17, 15) is 17.6 Å². The van der Waals surface area contributed by atoms with Gasteiger partial charge in [-0.15, -0.1) is 0 Å². The topological polar surface area (TPSA) is 89.7 Å². The standard InChI is InChI=1S/C15H21FN2O4S/c16-13-3-1-12(2-4-13)14-11-18(6-8-22-14)7-10-23(20,21)9-5-15(17)19/h1-4,14H,5-11H2,(H2,17,19)/t14-/m1/s1. The first-order chi connectivity index (χ1) is 10.9. The van der Waals surface area contributed by atoms with Gasteiger partial charge >= 0.3 is 0 Å². The lowest BCUT2D eigenvalue weighted by Gasteiger charge is -2.33. The number of halogens is 1. The molecule has 2 N–H and O–H groups in total. The molecule has 0 unspecified atom stereocenters. The van der Waals surface area contributed by atoms with E-state index >= 15 is 0 Å². The van der Waals surface area contributed by atoms with Gasteiger partial charge in [-0.1, -0.05) is 12.1 Å². The Morgan fingerprint density at radius 1 is 1.30 bits per heavy atom. The van der Waals surface area contributed by atoms with E-state index in [1.807, 2.05) is 4.90 Å². The van der Waals surface area contributed by atoms with Gasteiger partial charge in [-0.05, 0) is 17.7 Å². The minimum Gasteiger partial charge on any atom is -0.371 e. The summed E-state index contributed by atoms with van der Waals surface area (Å²) in [5.41, 5.74) is 5.84. The van der Waals surface area contributed by atoms with E-state index in [4.69, 9.17) is 10.5 Å². The number of nitrogens with zero attached hydrogens (tertiary/aromatic N) is 1. The van der Waals surface area contributed by atoms with Crippen LogP contribution in [0.15, 0.2) is 24.3 Å². The fraction of sp³-hybridized carbons (Fsp3) is 0.533. The number of carbonyl (C=O) groups excluding carboxylic acids is 1. The van der Waals surface area contributed by atoms with Crippen molar-refractivity contribution in [2.75, 3.05) is 37.7 Å². The lowest BCUT2D eigenvalue weighted by molar-refractivity contribution is -0.117. The number of primary amides is 1. The summed E-state index contributed by atoms with van der Waals surface area (Å²) in [6, 6.07) is 6.11. The van der Waals surface area contributed by atoms with Crippen molar-refractivity contribution in [3.8, 4) is 0 Å². The third-order valence-electron chi connectivity index (χ3n) is 3.77. The molecule has 128 valence electrons. The molecule has 1 aliphatic heterocycles. The van der Waals surface area contributed by atoms with Crippen molar-refractivity contribution in [2.45, 2.75) is 12.5 Å². The SMILES string of the molecule is NC(=O)CCS(=O)(=O)CCN1CCO[C@@H](c2ccc(F)cc2)C1. The average Bonchev–Trinajstić information content (AvgIpc) is 2.52. The predicted octanol–water partition coefficient (Wildman–Crippen LogP) is 0.489. The van der Waals surface area contributed by atoms with E-state index in [1.54, 1.807) is 12.1 Å². The lowest BCUT2D eigenvalue weighted by Crippen LogP contribution is -2.41. The third kappa shape index (κ3) is 5.89. The van der Waals surface area contributed by atoms with Gasteiger partial charge in [0.25, 0.3) is 0 Å². The van der Waals surface area contributed by atoms with Crippen molar-refractivity contribution in [1.29, 1.82) is 0 Å². The molecule has 0 radical (unpaired) electrons. The van der Waals surface area contributed by atoms with Crippen molar-refractivity contribution in [1.82, 2.24) is 4.90 Å². The second kappa shape index (κ2) is 7.85. The highest BCUT2D eigenvalue weighted by Crippen LogP contribution is 2.22. The molecule has 2 rings (SSSR count). The van der Waals surface area contributed by atoms with E-state index in [0.717, 1.165) is 5.56 Å². The Hall–Kier alpha value is -1.51. The summed E-state index contributed by atoms with van der Waals surface area (Å²) in [6.45, 7) is 2.06. The molecule has 1 fully saturated rings. The van der Waals surface area contributed by atoms with Crippen LogP contribution in [-0.2, 0) is 19.4 Å². The monoisotopic (exact) mass is 344 g/mol. The minimum absolute atomic E-state index is 0.0174. The van der Waals surface area contributed by atoms with Crippen molar-refractivity contribution in [3.05, 3.63) is 35.6 Å². The highest BCUT2D eigenvalue weighted by atomic mass is 32.2. The maximum absolute atomic E-state index is 13.0. The highest BCUT2D eigenvalue weighted by molar-refractivity contribution is 7.91. The molecule has 0 saturated carbocycles. The van der Waals surface area contributed by atoms with Gasteiger partial charge in [0.2, 0.25) is 5.91 Å². The molecular weight excluding hydrogens is 323 g/mol. The van der Waals surface area contributed by atoms with Crippen LogP contribution in [0.25, 0.3) is 0 Å². The first-order valence-electron chi connectivity index (χ1n) is 7.44. The number of amides is 1. The van der Waals surface area contributed by atoms with E-state index in [2.05, 4.69) is 0 Å². The molecule has 1 aromatic rings. The molecule has 1 aliphatic rings. The lowest BCUT2D eigenvalue weighted by atomic mass is 10.1. The zero-order chi connectivity index (χ0) is 16.9. The van der Waals surface area contributed by atoms with Crippen LogP contribution in [0.3, 0.4) is 0 Å². The molecule has 0 spiro atoms. The maximum atomic E-state index is 13.0. The molecular formula is C15H21FN2O4S. The van der Waals surface area contributed by atoms with Crippen LogP contribution >= 0.6 is 0 Å². The van der Waals surface area contributed by atoms with Gasteiger partial charge in [0.15, 0.2) is 9.84 Å². The molecule has 0 bridgehead atoms. The van der Waals surface area contributed by atoms with Gasteiger partial charge in [0.05, 0.1) is 24.2 Å². The van der Waals surface area contributed by atoms with Crippen molar-refractivity contribution >= 4 is 15.7 Å². The number of morpholine rings is 1. The molecule has 1 saturated heterocycles. The summed E-state index contributed by atoms with van der Waals surface area (Å²) in [5, 5.41) is 0. The summed E-state index contributed by atoms with van der Waals surface area (Å²) in [6.07, 6.45) is -0.346. The summed E-state index contributed by atoms with van der Waals surface area (Å²) in [7, 11) is -3.30. The quantitative estimate of drug-likeness (QED) is 0.777. The number of nitrogens with two attached hydrogens (primary N) is 1. The summed E-state index contributed by atoms with van der Waals surface area (Å²) >= 11 is 0. The van der Waals surface area contributed by atoms with Crippen molar-refractivity contribution in [3.63, 3.8) is 0 Å². The Labute approximate surface area is 135 Å². The molecule has 1 heterocycles. The van der Waals surface area contributed by atoms with Crippen LogP contribution in [0.2, 0.25) is 0 Å². The molecule has 1 atom stereocenters. The first-order valence-corrected chi connectivity index (χ1v) is 9.26. The van der Waals surface area contributed by atoms with E-state index in [-0.39, 0.29) is 29.8 Å². The smallest absolute Gasteiger partial charge is 0.218 e. The van der Waals surface area contributed by atoms with Crippen molar-refractivity contribution in [2.24, 2.45) is 5.73 Å². The normalized spacial score (nSPS) is 19.6. The Bertz CT molecular complexity index is 633. The molecule has 1 aromatic carbocycles. The van der Waals surface area contributed by atoms with Crippen LogP contribution < -0.4 is 5.73 Å². The number of sulfone groups is 1. The van der Waals surface area contributed by atoms with Crippen LogP contribution in [0.4, 0.5) is 4.39 Å². The molecule has 8 heteroatoms. The van der Waals surface area contributed by atoms with Gasteiger partial charge < -0.3 is 10.5 Å². The Balaban J connectivity index is 1.86. The number of hydrogen-bond donors (Lipinski definition) is 1. The molecule has 23 heavy (non-hydrogen) atoms. The fourth-order valence-corrected chi connectivity index (χ4v) is 3.66. The average molecular weight is 344 g/mol. The van der Waals surface area contributed by atoms with E-state index in [1.165, 1.54) is 12.1 Å².